The van der Waals surface area contributed by atoms with Crippen LogP contribution in [0, 0.1) is 5.92 Å². The molecule has 0 aromatic rings. The SMILES string of the molecule is CCC(C)C(NC(=O)C(NC(=O)C(N)CCCN=C(N)N)C(C)O)C(=O)NC(CC(N)=O)C(=O)O. The topological polar surface area (TPSA) is 278 Å². The Labute approximate surface area is 203 Å². The van der Waals surface area contributed by atoms with Crippen LogP contribution in [0.25, 0.3) is 0 Å². The molecule has 0 aliphatic rings. The average molecular weight is 503 g/mol. The zero-order valence-electron chi connectivity index (χ0n) is 20.2. The van der Waals surface area contributed by atoms with Crippen LogP contribution >= 0.6 is 0 Å². The number of carbonyl (C=O) groups excluding carboxylic acids is 4. The van der Waals surface area contributed by atoms with Crippen LogP contribution in [0.1, 0.15) is 46.5 Å². The predicted molar refractivity (Wildman–Crippen MR) is 126 cm³/mol. The second-order valence-electron chi connectivity index (χ2n) is 8.22. The molecule has 0 fully saturated rings. The van der Waals surface area contributed by atoms with Gasteiger partial charge in [0.05, 0.1) is 18.6 Å². The number of nitrogens with zero attached hydrogens (tertiary/aromatic N) is 1. The van der Waals surface area contributed by atoms with Gasteiger partial charge in [-0.05, 0) is 25.7 Å². The number of nitrogens with one attached hydrogen (secondary N) is 3. The molecule has 0 bridgehead atoms. The van der Waals surface area contributed by atoms with Gasteiger partial charge in [-0.3, -0.25) is 24.2 Å². The molecule has 200 valence electrons. The zero-order valence-corrected chi connectivity index (χ0v) is 20.2. The number of amides is 4. The highest BCUT2D eigenvalue weighted by Crippen LogP contribution is 2.10. The molecule has 0 aliphatic carbocycles. The fraction of sp³-hybridized carbons (Fsp3) is 0.700. The summed E-state index contributed by atoms with van der Waals surface area (Å²) in [6.45, 7) is 4.89. The molecule has 0 saturated carbocycles. The molecular formula is C20H38N8O7. The summed E-state index contributed by atoms with van der Waals surface area (Å²) in [5.41, 5.74) is 21.3. The maximum Gasteiger partial charge on any atom is 0.326 e. The van der Waals surface area contributed by atoms with Crippen molar-refractivity contribution in [2.75, 3.05) is 6.54 Å². The minimum Gasteiger partial charge on any atom is -0.480 e. The molecule has 35 heavy (non-hydrogen) atoms. The molecule has 0 aromatic carbocycles. The van der Waals surface area contributed by atoms with E-state index in [1.165, 1.54) is 6.92 Å². The van der Waals surface area contributed by atoms with E-state index in [4.69, 9.17) is 22.9 Å². The predicted octanol–water partition coefficient (Wildman–Crippen LogP) is -3.79. The number of aliphatic hydroxyl groups is 1. The van der Waals surface area contributed by atoms with E-state index in [0.717, 1.165) is 0 Å². The molecule has 0 spiro atoms. The van der Waals surface area contributed by atoms with Gasteiger partial charge in [-0.25, -0.2) is 4.79 Å². The van der Waals surface area contributed by atoms with Crippen molar-refractivity contribution in [3.05, 3.63) is 0 Å². The summed E-state index contributed by atoms with van der Waals surface area (Å²) >= 11 is 0. The summed E-state index contributed by atoms with van der Waals surface area (Å²) in [5.74, 6) is -5.45. The average Bonchev–Trinajstić information content (AvgIpc) is 2.76. The van der Waals surface area contributed by atoms with E-state index in [9.17, 15) is 34.2 Å². The van der Waals surface area contributed by atoms with Crippen LogP contribution in [0.2, 0.25) is 0 Å². The first-order valence-corrected chi connectivity index (χ1v) is 11.1. The van der Waals surface area contributed by atoms with Crippen LogP contribution in [-0.4, -0.2) is 82.6 Å². The number of aliphatic carboxylic acids is 1. The lowest BCUT2D eigenvalue weighted by molar-refractivity contribution is -0.144. The first-order chi connectivity index (χ1) is 16.2. The molecule has 15 heteroatoms. The number of primary amides is 1. The number of carboxylic acid groups (broad SMARTS) is 1. The molecule has 6 atom stereocenters. The quantitative estimate of drug-likeness (QED) is 0.0563. The number of carboxylic acids is 1. The van der Waals surface area contributed by atoms with Gasteiger partial charge in [-0.15, -0.1) is 0 Å². The Morgan fingerprint density at radius 3 is 1.91 bits per heavy atom. The van der Waals surface area contributed by atoms with Gasteiger partial charge in [-0.2, -0.15) is 0 Å². The Morgan fingerprint density at radius 1 is 0.914 bits per heavy atom. The van der Waals surface area contributed by atoms with Crippen molar-refractivity contribution < 1.29 is 34.2 Å². The number of carbonyl (C=O) groups is 5. The van der Waals surface area contributed by atoms with Gasteiger partial charge < -0.3 is 49.1 Å². The van der Waals surface area contributed by atoms with Crippen molar-refractivity contribution in [2.24, 2.45) is 33.8 Å². The molecule has 6 unspecified atom stereocenters. The first kappa shape index (κ1) is 31.5. The molecule has 0 aliphatic heterocycles. The standard InChI is InChI=1S/C20H38N8O7/c1-4-9(2)14(17(32)26-12(19(34)35)8-13(22)30)27-18(33)15(10(3)29)28-16(31)11(21)6-5-7-25-20(23)24/h9-12,14-15,29H,4-8,21H2,1-3H3,(H2,22,30)(H,26,32)(H,27,33)(H,28,31)(H,34,35)(H4,23,24,25). The summed E-state index contributed by atoms with van der Waals surface area (Å²) in [5, 5.41) is 26.3. The highest BCUT2D eigenvalue weighted by Gasteiger charge is 2.34. The van der Waals surface area contributed by atoms with Gasteiger partial charge in [0.2, 0.25) is 23.6 Å². The number of hydrogen-bond acceptors (Lipinski definition) is 8. The molecule has 0 radical (unpaired) electrons. The van der Waals surface area contributed by atoms with Crippen LogP contribution in [0.15, 0.2) is 4.99 Å². The first-order valence-electron chi connectivity index (χ1n) is 11.1. The Morgan fingerprint density at radius 2 is 1.46 bits per heavy atom. The fourth-order valence-corrected chi connectivity index (χ4v) is 2.92. The highest BCUT2D eigenvalue weighted by atomic mass is 16.4. The minimum atomic E-state index is -1.59. The number of hydrogen-bond donors (Lipinski definition) is 9. The lowest BCUT2D eigenvalue weighted by Gasteiger charge is -2.28. The maximum atomic E-state index is 12.9. The van der Waals surface area contributed by atoms with Crippen LogP contribution in [0.4, 0.5) is 0 Å². The molecule has 4 amide bonds. The van der Waals surface area contributed by atoms with Crippen molar-refractivity contribution in [3.8, 4) is 0 Å². The Hall–Kier alpha value is -3.46. The van der Waals surface area contributed by atoms with Gasteiger partial charge in [0, 0.05) is 6.54 Å². The highest BCUT2D eigenvalue weighted by molar-refractivity contribution is 5.95. The van der Waals surface area contributed by atoms with Crippen molar-refractivity contribution >= 4 is 35.6 Å². The zero-order chi connectivity index (χ0) is 27.3. The van der Waals surface area contributed by atoms with Crippen LogP contribution in [0.3, 0.4) is 0 Å². The van der Waals surface area contributed by atoms with E-state index in [0.29, 0.717) is 12.8 Å². The van der Waals surface area contributed by atoms with Crippen molar-refractivity contribution in [3.63, 3.8) is 0 Å². The van der Waals surface area contributed by atoms with Crippen molar-refractivity contribution in [2.45, 2.75) is 76.7 Å². The van der Waals surface area contributed by atoms with E-state index in [2.05, 4.69) is 20.9 Å². The number of rotatable bonds is 16. The second-order valence-corrected chi connectivity index (χ2v) is 8.22. The Balaban J connectivity index is 5.38. The van der Waals surface area contributed by atoms with E-state index in [1.54, 1.807) is 13.8 Å². The molecule has 0 saturated heterocycles. The summed E-state index contributed by atoms with van der Waals surface area (Å²) in [6, 6.07) is -5.29. The Kier molecular flexibility index (Phi) is 13.9. The van der Waals surface area contributed by atoms with Gasteiger partial charge in [0.15, 0.2) is 5.96 Å². The van der Waals surface area contributed by atoms with Crippen LogP contribution < -0.4 is 38.9 Å². The third kappa shape index (κ3) is 12.0. The lowest BCUT2D eigenvalue weighted by Crippen LogP contribution is -2.61. The number of aliphatic hydroxyl groups excluding tert-OH is 1. The van der Waals surface area contributed by atoms with E-state index in [1.807, 2.05) is 0 Å². The van der Waals surface area contributed by atoms with Gasteiger partial charge in [0.1, 0.15) is 18.1 Å². The molecular weight excluding hydrogens is 464 g/mol. The summed E-state index contributed by atoms with van der Waals surface area (Å²) in [6.07, 6.45) is -0.987. The third-order valence-corrected chi connectivity index (χ3v) is 5.18. The third-order valence-electron chi connectivity index (χ3n) is 5.18. The van der Waals surface area contributed by atoms with E-state index < -0.39 is 72.2 Å². The molecule has 13 N–H and O–H groups in total. The molecule has 0 aromatic heterocycles. The van der Waals surface area contributed by atoms with E-state index in [-0.39, 0.29) is 18.9 Å². The lowest BCUT2D eigenvalue weighted by atomic mass is 9.97. The normalized spacial score (nSPS) is 15.9. The van der Waals surface area contributed by atoms with Gasteiger partial charge in [0.25, 0.3) is 0 Å². The Bertz CT molecular complexity index is 785. The van der Waals surface area contributed by atoms with Crippen molar-refractivity contribution in [1.82, 2.24) is 16.0 Å². The number of nitrogens with two attached hydrogens (primary N) is 4. The molecule has 0 heterocycles. The molecule has 0 rings (SSSR count). The maximum absolute atomic E-state index is 12.9. The second kappa shape index (κ2) is 15.4. The number of guanidine groups is 1. The van der Waals surface area contributed by atoms with Gasteiger partial charge in [-0.1, -0.05) is 20.3 Å². The van der Waals surface area contributed by atoms with Crippen LogP contribution in [0.5, 0.6) is 0 Å². The van der Waals surface area contributed by atoms with E-state index >= 15 is 0 Å². The summed E-state index contributed by atoms with van der Waals surface area (Å²) < 4.78 is 0. The minimum absolute atomic E-state index is 0.0990. The largest absolute Gasteiger partial charge is 0.480 e. The smallest absolute Gasteiger partial charge is 0.326 e. The monoisotopic (exact) mass is 502 g/mol. The summed E-state index contributed by atoms with van der Waals surface area (Å²) in [4.78, 5) is 64.3. The summed E-state index contributed by atoms with van der Waals surface area (Å²) in [7, 11) is 0. The molecule has 15 nitrogen and oxygen atoms in total. The number of aliphatic imine (C=N–C) groups is 1. The fourth-order valence-electron chi connectivity index (χ4n) is 2.92. The van der Waals surface area contributed by atoms with Gasteiger partial charge >= 0.3 is 5.97 Å². The van der Waals surface area contributed by atoms with Crippen molar-refractivity contribution in [1.29, 1.82) is 0 Å². The van der Waals surface area contributed by atoms with Crippen LogP contribution in [-0.2, 0) is 24.0 Å².